The smallest absolute Gasteiger partial charge is 0.00657 e. The molecule has 0 N–H and O–H groups in total. The quantitative estimate of drug-likeness (QED) is 0.649. The zero-order valence-electron chi connectivity index (χ0n) is 11.9. The average molecular weight is 329 g/mol. The second-order valence-corrected chi connectivity index (χ2v) is 6.67. The molecule has 0 heterocycles. The molecule has 0 aromatic heterocycles. The maximum Gasteiger partial charge on any atom is 0.00657 e. The van der Waals surface area contributed by atoms with Crippen LogP contribution in [0.15, 0.2) is 54.6 Å². The van der Waals surface area contributed by atoms with Gasteiger partial charge in [0.25, 0.3) is 0 Å². The topological polar surface area (TPSA) is 0 Å². The normalized spacial score (nSPS) is 22.5. The summed E-state index contributed by atoms with van der Waals surface area (Å²) in [6.07, 6.45) is 2.55. The van der Waals surface area contributed by atoms with Crippen molar-refractivity contribution in [2.75, 3.05) is 5.33 Å². The van der Waals surface area contributed by atoms with Crippen molar-refractivity contribution in [3.8, 4) is 0 Å². The summed E-state index contributed by atoms with van der Waals surface area (Å²) in [5.74, 6) is 2.38. The SMILES string of the molecule is Cc1cccc(CC(CBr)C2CC2c2ccccc2)c1. The van der Waals surface area contributed by atoms with E-state index in [2.05, 4.69) is 77.5 Å². The Morgan fingerprint density at radius 1 is 1.10 bits per heavy atom. The molecule has 0 radical (unpaired) electrons. The van der Waals surface area contributed by atoms with E-state index < -0.39 is 0 Å². The fourth-order valence-electron chi connectivity index (χ4n) is 3.28. The number of halogens is 1. The molecular weight excluding hydrogens is 308 g/mol. The maximum absolute atomic E-state index is 3.73. The minimum Gasteiger partial charge on any atom is -0.0925 e. The van der Waals surface area contributed by atoms with Crippen LogP contribution in [0, 0.1) is 18.8 Å². The molecule has 20 heavy (non-hydrogen) atoms. The molecule has 3 unspecified atom stereocenters. The van der Waals surface area contributed by atoms with Gasteiger partial charge in [0.15, 0.2) is 0 Å². The molecule has 1 heteroatoms. The molecule has 2 aromatic rings. The highest BCUT2D eigenvalue weighted by Gasteiger charge is 2.42. The first-order valence-electron chi connectivity index (χ1n) is 7.44. The molecule has 0 amide bonds. The van der Waals surface area contributed by atoms with E-state index in [1.807, 2.05) is 0 Å². The van der Waals surface area contributed by atoms with E-state index in [4.69, 9.17) is 0 Å². The molecule has 1 saturated carbocycles. The number of alkyl halides is 1. The first kappa shape index (κ1) is 13.9. The van der Waals surface area contributed by atoms with Gasteiger partial charge >= 0.3 is 0 Å². The van der Waals surface area contributed by atoms with Crippen molar-refractivity contribution in [2.45, 2.75) is 25.7 Å². The Labute approximate surface area is 130 Å². The lowest BCUT2D eigenvalue weighted by molar-refractivity contribution is 0.507. The van der Waals surface area contributed by atoms with Crippen LogP contribution in [0.1, 0.15) is 29.0 Å². The van der Waals surface area contributed by atoms with E-state index in [-0.39, 0.29) is 0 Å². The van der Waals surface area contributed by atoms with Crippen LogP contribution in [-0.2, 0) is 6.42 Å². The van der Waals surface area contributed by atoms with Crippen LogP contribution in [-0.4, -0.2) is 5.33 Å². The number of rotatable bonds is 5. The number of hydrogen-bond acceptors (Lipinski definition) is 0. The summed E-state index contributed by atoms with van der Waals surface area (Å²) in [5.41, 5.74) is 4.37. The van der Waals surface area contributed by atoms with Gasteiger partial charge in [-0.3, -0.25) is 0 Å². The highest BCUT2D eigenvalue weighted by atomic mass is 79.9. The summed E-state index contributed by atoms with van der Waals surface area (Å²) < 4.78 is 0. The van der Waals surface area contributed by atoms with Gasteiger partial charge in [-0.25, -0.2) is 0 Å². The minimum atomic E-state index is 0.752. The van der Waals surface area contributed by atoms with Gasteiger partial charge in [-0.1, -0.05) is 76.1 Å². The third kappa shape index (κ3) is 3.15. The Bertz CT molecular complexity index is 561. The van der Waals surface area contributed by atoms with Crippen molar-refractivity contribution in [1.82, 2.24) is 0 Å². The second kappa shape index (κ2) is 6.13. The van der Waals surface area contributed by atoms with Crippen LogP contribution in [0.2, 0.25) is 0 Å². The van der Waals surface area contributed by atoms with Crippen LogP contribution in [0.5, 0.6) is 0 Å². The van der Waals surface area contributed by atoms with Gasteiger partial charge in [-0.15, -0.1) is 0 Å². The molecule has 0 spiro atoms. The van der Waals surface area contributed by atoms with Crippen molar-refractivity contribution >= 4 is 15.9 Å². The standard InChI is InChI=1S/C19H21Br/c1-14-6-5-7-15(10-14)11-17(13-20)19-12-18(19)16-8-3-2-4-9-16/h2-10,17-19H,11-13H2,1H3. The van der Waals surface area contributed by atoms with Gasteiger partial charge in [-0.2, -0.15) is 0 Å². The lowest BCUT2D eigenvalue weighted by Crippen LogP contribution is -2.10. The van der Waals surface area contributed by atoms with Crippen LogP contribution in [0.25, 0.3) is 0 Å². The number of aryl methyl sites for hydroxylation is 1. The van der Waals surface area contributed by atoms with Crippen molar-refractivity contribution in [3.63, 3.8) is 0 Å². The van der Waals surface area contributed by atoms with Gasteiger partial charge in [0.2, 0.25) is 0 Å². The number of benzene rings is 2. The van der Waals surface area contributed by atoms with Crippen LogP contribution in [0.3, 0.4) is 0 Å². The van der Waals surface area contributed by atoms with Crippen LogP contribution in [0.4, 0.5) is 0 Å². The van der Waals surface area contributed by atoms with Crippen molar-refractivity contribution in [3.05, 3.63) is 71.3 Å². The van der Waals surface area contributed by atoms with E-state index in [0.29, 0.717) is 0 Å². The fourth-order valence-corrected chi connectivity index (χ4v) is 3.99. The van der Waals surface area contributed by atoms with E-state index in [1.165, 1.54) is 29.5 Å². The Morgan fingerprint density at radius 3 is 2.60 bits per heavy atom. The Morgan fingerprint density at radius 2 is 1.90 bits per heavy atom. The molecule has 1 aliphatic carbocycles. The van der Waals surface area contributed by atoms with Gasteiger partial charge in [0, 0.05) is 5.33 Å². The predicted octanol–water partition coefficient (Wildman–Crippen LogP) is 5.35. The maximum atomic E-state index is 3.73. The van der Waals surface area contributed by atoms with Crippen molar-refractivity contribution < 1.29 is 0 Å². The van der Waals surface area contributed by atoms with Crippen molar-refractivity contribution in [1.29, 1.82) is 0 Å². The van der Waals surface area contributed by atoms with Crippen molar-refractivity contribution in [2.24, 2.45) is 11.8 Å². The summed E-state index contributed by atoms with van der Waals surface area (Å²) in [6.45, 7) is 2.18. The molecule has 0 bridgehead atoms. The minimum absolute atomic E-state index is 0.752. The fraction of sp³-hybridized carbons (Fsp3) is 0.368. The molecule has 0 saturated heterocycles. The highest BCUT2D eigenvalue weighted by molar-refractivity contribution is 9.09. The molecule has 0 aliphatic heterocycles. The highest BCUT2D eigenvalue weighted by Crippen LogP contribution is 2.52. The first-order valence-corrected chi connectivity index (χ1v) is 8.56. The Hall–Kier alpha value is -1.08. The third-order valence-electron chi connectivity index (χ3n) is 4.45. The van der Waals surface area contributed by atoms with Crippen LogP contribution >= 0.6 is 15.9 Å². The number of hydrogen-bond donors (Lipinski definition) is 0. The zero-order chi connectivity index (χ0) is 13.9. The summed E-state index contributed by atoms with van der Waals surface area (Å²) in [5, 5.41) is 1.11. The average Bonchev–Trinajstić information content (AvgIpc) is 3.26. The van der Waals surface area contributed by atoms with E-state index in [1.54, 1.807) is 0 Å². The Balaban J connectivity index is 1.67. The second-order valence-electron chi connectivity index (χ2n) is 6.02. The molecule has 1 fully saturated rings. The Kier molecular flexibility index (Phi) is 4.26. The molecular formula is C19H21Br. The van der Waals surface area contributed by atoms with E-state index in [0.717, 1.165) is 23.1 Å². The van der Waals surface area contributed by atoms with Crippen LogP contribution < -0.4 is 0 Å². The predicted molar refractivity (Wildman–Crippen MR) is 89.5 cm³/mol. The summed E-state index contributed by atoms with van der Waals surface area (Å²) >= 11 is 3.73. The van der Waals surface area contributed by atoms with Gasteiger partial charge in [-0.05, 0) is 48.6 Å². The van der Waals surface area contributed by atoms with E-state index >= 15 is 0 Å². The largest absolute Gasteiger partial charge is 0.0925 e. The molecule has 3 atom stereocenters. The van der Waals surface area contributed by atoms with E-state index in [9.17, 15) is 0 Å². The first-order chi connectivity index (χ1) is 9.78. The van der Waals surface area contributed by atoms with Gasteiger partial charge < -0.3 is 0 Å². The monoisotopic (exact) mass is 328 g/mol. The molecule has 2 aromatic carbocycles. The molecule has 3 rings (SSSR count). The summed E-state index contributed by atoms with van der Waals surface area (Å²) in [6, 6.07) is 19.9. The van der Waals surface area contributed by atoms with Gasteiger partial charge in [0.1, 0.15) is 0 Å². The summed E-state index contributed by atoms with van der Waals surface area (Å²) in [4.78, 5) is 0. The lowest BCUT2D eigenvalue weighted by atomic mass is 9.93. The van der Waals surface area contributed by atoms with Gasteiger partial charge in [0.05, 0.1) is 0 Å². The zero-order valence-corrected chi connectivity index (χ0v) is 13.5. The molecule has 104 valence electrons. The molecule has 1 aliphatic rings. The lowest BCUT2D eigenvalue weighted by Gasteiger charge is -2.14. The summed E-state index contributed by atoms with van der Waals surface area (Å²) in [7, 11) is 0. The molecule has 0 nitrogen and oxygen atoms in total. The third-order valence-corrected chi connectivity index (χ3v) is 5.28.